The molecule has 1 aliphatic carbocycles. The zero-order valence-corrected chi connectivity index (χ0v) is 19.1. The maximum absolute atomic E-state index is 12.1. The highest BCUT2D eigenvalue weighted by Gasteiger charge is 2.32. The van der Waals surface area contributed by atoms with Crippen molar-refractivity contribution in [2.75, 3.05) is 6.61 Å². The number of imide groups is 1. The van der Waals surface area contributed by atoms with E-state index in [-0.39, 0.29) is 30.6 Å². The molecule has 0 saturated carbocycles. The van der Waals surface area contributed by atoms with E-state index in [1.807, 2.05) is 25.1 Å². The predicted octanol–water partition coefficient (Wildman–Crippen LogP) is 3.46. The molecule has 1 fully saturated rings. The third-order valence-electron chi connectivity index (χ3n) is 5.23. The van der Waals surface area contributed by atoms with Gasteiger partial charge in [0.25, 0.3) is 5.24 Å². The number of hydrogen-bond acceptors (Lipinski definition) is 8. The highest BCUT2D eigenvalue weighted by Crippen LogP contribution is 2.30. The molecule has 2 amide bonds. The minimum Gasteiger partial charge on any atom is -0.494 e. The number of aryl methyl sites for hydroxylation is 1. The molecule has 10 heteroatoms. The Labute approximate surface area is 195 Å². The second-order valence-electron chi connectivity index (χ2n) is 7.67. The van der Waals surface area contributed by atoms with Crippen molar-refractivity contribution >= 4 is 34.8 Å². The van der Waals surface area contributed by atoms with Crippen LogP contribution in [-0.4, -0.2) is 45.0 Å². The number of nitrogens with one attached hydrogen (secondary N) is 1. The fourth-order valence-electron chi connectivity index (χ4n) is 3.34. The number of nitrogens with zero attached hydrogens (tertiary/aromatic N) is 1. The molecular formula is C23H26N2O7S. The van der Waals surface area contributed by atoms with Gasteiger partial charge in [-0.15, -0.1) is 0 Å². The van der Waals surface area contributed by atoms with Crippen LogP contribution in [0.25, 0.3) is 0 Å². The summed E-state index contributed by atoms with van der Waals surface area (Å²) >= 11 is 1.01. The molecule has 2 atom stereocenters. The molecule has 1 aliphatic heterocycles. The molecule has 33 heavy (non-hydrogen) atoms. The number of esters is 1. The van der Waals surface area contributed by atoms with Crippen LogP contribution in [0.2, 0.25) is 0 Å². The topological polar surface area (TPSA) is 132 Å². The fourth-order valence-corrected chi connectivity index (χ4v) is 4.22. The maximum Gasteiger partial charge on any atom is 0.307 e. The van der Waals surface area contributed by atoms with Gasteiger partial charge in [0.15, 0.2) is 6.10 Å². The molecule has 0 aromatic carbocycles. The zero-order chi connectivity index (χ0) is 23.8. The molecule has 0 bridgehead atoms. The number of aromatic nitrogens is 1. The van der Waals surface area contributed by atoms with Crippen molar-refractivity contribution in [1.29, 1.82) is 0 Å². The normalized spacial score (nSPS) is 18.8. The van der Waals surface area contributed by atoms with Crippen LogP contribution in [0.5, 0.6) is 0 Å². The average Bonchev–Trinajstić information content (AvgIpc) is 3.12. The molecule has 1 unspecified atom stereocenters. The van der Waals surface area contributed by atoms with Gasteiger partial charge in [0.1, 0.15) is 6.61 Å². The number of pyridine rings is 1. The number of allylic oxidation sites excluding steroid dienone is 4. The number of amides is 2. The van der Waals surface area contributed by atoms with Gasteiger partial charge < -0.3 is 14.6 Å². The summed E-state index contributed by atoms with van der Waals surface area (Å²) in [5, 5.41) is 10.4. The number of carboxylic acid groups (broad SMARTS) is 1. The number of aliphatic carboxylic acids is 1. The van der Waals surface area contributed by atoms with E-state index < -0.39 is 23.3 Å². The predicted molar refractivity (Wildman–Crippen MR) is 120 cm³/mol. The van der Waals surface area contributed by atoms with Gasteiger partial charge in [-0.1, -0.05) is 36.4 Å². The fraction of sp³-hybridized carbons (Fsp3) is 0.435. The van der Waals surface area contributed by atoms with Gasteiger partial charge >= 0.3 is 11.9 Å². The second kappa shape index (κ2) is 11.6. The summed E-state index contributed by atoms with van der Waals surface area (Å²) in [5.74, 6) is -1.26. The van der Waals surface area contributed by atoms with Crippen LogP contribution >= 0.6 is 11.8 Å². The summed E-state index contributed by atoms with van der Waals surface area (Å²) in [6.45, 7) is 2.05. The number of thioether (sulfide) groups is 1. The third kappa shape index (κ3) is 7.45. The molecule has 2 heterocycles. The number of carboxylic acids is 1. The van der Waals surface area contributed by atoms with Crippen molar-refractivity contribution < 1.29 is 33.8 Å². The summed E-state index contributed by atoms with van der Waals surface area (Å²) in [5.41, 5.74) is 2.62. The second-order valence-corrected chi connectivity index (χ2v) is 8.85. The van der Waals surface area contributed by atoms with Crippen LogP contribution in [0.4, 0.5) is 4.79 Å². The van der Waals surface area contributed by atoms with Crippen LogP contribution in [-0.2, 0) is 30.3 Å². The summed E-state index contributed by atoms with van der Waals surface area (Å²) < 4.78 is 11.4. The SMILES string of the molecule is CCc1ccc([C@@H](COC2=CC=C(CC3SC(=O)NC3=O)CC2)OC(=O)CCC(=O)O)nc1. The van der Waals surface area contributed by atoms with Crippen molar-refractivity contribution in [2.45, 2.75) is 56.8 Å². The van der Waals surface area contributed by atoms with E-state index in [1.165, 1.54) is 0 Å². The molecule has 1 aromatic heterocycles. The Morgan fingerprint density at radius 1 is 1.24 bits per heavy atom. The average molecular weight is 475 g/mol. The molecule has 0 radical (unpaired) electrons. The molecule has 176 valence electrons. The Bertz CT molecular complexity index is 972. The smallest absolute Gasteiger partial charge is 0.307 e. The molecule has 0 spiro atoms. The van der Waals surface area contributed by atoms with Gasteiger partial charge in [-0.05, 0) is 37.0 Å². The van der Waals surface area contributed by atoms with E-state index in [9.17, 15) is 19.2 Å². The number of carbonyl (C=O) groups is 4. The molecule has 2 N–H and O–H groups in total. The van der Waals surface area contributed by atoms with Crippen LogP contribution in [0.3, 0.4) is 0 Å². The molecule has 2 aliphatic rings. The molecule has 3 rings (SSSR count). The van der Waals surface area contributed by atoms with E-state index in [1.54, 1.807) is 12.3 Å². The van der Waals surface area contributed by atoms with Crippen molar-refractivity contribution in [3.63, 3.8) is 0 Å². The summed E-state index contributed by atoms with van der Waals surface area (Å²) in [6.07, 6.45) is 6.73. The number of hydrogen-bond donors (Lipinski definition) is 2. The number of carbonyl (C=O) groups excluding carboxylic acids is 3. The lowest BCUT2D eigenvalue weighted by atomic mass is 9.99. The first-order chi connectivity index (χ1) is 15.8. The summed E-state index contributed by atoms with van der Waals surface area (Å²) in [4.78, 5) is 50.3. The monoisotopic (exact) mass is 474 g/mol. The highest BCUT2D eigenvalue weighted by atomic mass is 32.2. The highest BCUT2D eigenvalue weighted by molar-refractivity contribution is 8.15. The van der Waals surface area contributed by atoms with Gasteiger partial charge in [-0.25, -0.2) is 0 Å². The molecule has 1 saturated heterocycles. The summed E-state index contributed by atoms with van der Waals surface area (Å²) in [6, 6.07) is 3.67. The molecule has 1 aromatic rings. The van der Waals surface area contributed by atoms with Crippen molar-refractivity contribution in [2.24, 2.45) is 0 Å². The lowest BCUT2D eigenvalue weighted by Gasteiger charge is -2.21. The van der Waals surface area contributed by atoms with E-state index in [4.69, 9.17) is 14.6 Å². The van der Waals surface area contributed by atoms with Crippen LogP contribution in [0, 0.1) is 0 Å². The Hall–Kier alpha value is -3.14. The first-order valence-electron chi connectivity index (χ1n) is 10.7. The summed E-state index contributed by atoms with van der Waals surface area (Å²) in [7, 11) is 0. The minimum absolute atomic E-state index is 0.0433. The Kier molecular flexibility index (Phi) is 8.65. The minimum atomic E-state index is -1.07. The third-order valence-corrected chi connectivity index (χ3v) is 6.22. The first kappa shape index (κ1) is 24.5. The van der Waals surface area contributed by atoms with E-state index in [2.05, 4.69) is 10.3 Å². The van der Waals surface area contributed by atoms with Crippen molar-refractivity contribution in [1.82, 2.24) is 10.3 Å². The van der Waals surface area contributed by atoms with Crippen molar-refractivity contribution in [3.05, 3.63) is 53.1 Å². The lowest BCUT2D eigenvalue weighted by Crippen LogP contribution is -2.24. The van der Waals surface area contributed by atoms with Gasteiger partial charge in [0.05, 0.1) is 29.5 Å². The maximum atomic E-state index is 12.1. The van der Waals surface area contributed by atoms with Gasteiger partial charge in [0, 0.05) is 12.6 Å². The van der Waals surface area contributed by atoms with E-state index >= 15 is 0 Å². The quantitative estimate of drug-likeness (QED) is 0.463. The molecule has 9 nitrogen and oxygen atoms in total. The van der Waals surface area contributed by atoms with Gasteiger partial charge in [-0.3, -0.25) is 29.5 Å². The van der Waals surface area contributed by atoms with Crippen LogP contribution in [0.15, 0.2) is 41.8 Å². The Morgan fingerprint density at radius 3 is 2.64 bits per heavy atom. The number of rotatable bonds is 11. The lowest BCUT2D eigenvalue weighted by molar-refractivity contribution is -0.154. The van der Waals surface area contributed by atoms with E-state index in [0.29, 0.717) is 30.7 Å². The van der Waals surface area contributed by atoms with Crippen molar-refractivity contribution in [3.8, 4) is 0 Å². The number of ether oxygens (including phenoxy) is 2. The first-order valence-corrected chi connectivity index (χ1v) is 11.6. The van der Waals surface area contributed by atoms with Gasteiger partial charge in [0.2, 0.25) is 5.91 Å². The van der Waals surface area contributed by atoms with Crippen LogP contribution < -0.4 is 5.32 Å². The largest absolute Gasteiger partial charge is 0.494 e. The van der Waals surface area contributed by atoms with Gasteiger partial charge in [-0.2, -0.15) is 0 Å². The van der Waals surface area contributed by atoms with Crippen LogP contribution in [0.1, 0.15) is 56.4 Å². The Balaban J connectivity index is 1.60. The Morgan fingerprint density at radius 2 is 2.06 bits per heavy atom. The van der Waals surface area contributed by atoms with E-state index in [0.717, 1.165) is 29.3 Å². The zero-order valence-electron chi connectivity index (χ0n) is 18.2. The molecular weight excluding hydrogens is 448 g/mol. The standard InChI is InChI=1S/C23H26N2O7S/c1-2-14-5-8-17(24-12-14)18(32-21(28)10-9-20(26)27)13-31-16-6-3-15(4-7-16)11-19-22(29)25-23(30)33-19/h3,5-6,8,12,18-19H,2,4,7,9-11,13H2,1H3,(H,26,27)(H,25,29,30)/t18-,19?/m1/s1.